The summed E-state index contributed by atoms with van der Waals surface area (Å²) in [7, 11) is 0. The number of nitrogens with one attached hydrogen (secondary N) is 1. The molecule has 2 heteroatoms. The molecule has 1 N–H and O–H groups in total. The maximum atomic E-state index is 10.9. The van der Waals surface area contributed by atoms with E-state index in [1.165, 1.54) is 5.56 Å². The van der Waals surface area contributed by atoms with Crippen molar-refractivity contribution in [1.29, 1.82) is 0 Å². The summed E-state index contributed by atoms with van der Waals surface area (Å²) in [6.45, 7) is 1.95. The summed E-state index contributed by atoms with van der Waals surface area (Å²) >= 11 is 0. The Morgan fingerprint density at radius 3 is 2.42 bits per heavy atom. The lowest BCUT2D eigenvalue weighted by Gasteiger charge is -2.34. The van der Waals surface area contributed by atoms with Gasteiger partial charge in [-0.05, 0) is 5.56 Å². The molecule has 0 bridgehead atoms. The number of rotatable bonds is 1. The fourth-order valence-electron chi connectivity index (χ4n) is 1.50. The lowest BCUT2D eigenvalue weighted by Crippen LogP contribution is -2.49. The molecule has 0 radical (unpaired) electrons. The van der Waals surface area contributed by atoms with Crippen LogP contribution in [0.3, 0.4) is 0 Å². The van der Waals surface area contributed by atoms with E-state index >= 15 is 0 Å². The van der Waals surface area contributed by atoms with Crippen molar-refractivity contribution in [1.82, 2.24) is 5.32 Å². The monoisotopic (exact) mass is 161 g/mol. The molecule has 2 atom stereocenters. The molecule has 2 rings (SSSR count). The molecule has 12 heavy (non-hydrogen) atoms. The van der Waals surface area contributed by atoms with Crippen LogP contribution in [0.2, 0.25) is 0 Å². The van der Waals surface area contributed by atoms with Gasteiger partial charge >= 0.3 is 0 Å². The van der Waals surface area contributed by atoms with Crippen molar-refractivity contribution in [2.75, 3.05) is 0 Å². The van der Waals surface area contributed by atoms with E-state index < -0.39 is 0 Å². The number of carbonyl (C=O) groups excluding carboxylic acids is 1. The van der Waals surface area contributed by atoms with Crippen LogP contribution >= 0.6 is 0 Å². The topological polar surface area (TPSA) is 29.1 Å². The van der Waals surface area contributed by atoms with Gasteiger partial charge in [0.05, 0.1) is 12.0 Å². The van der Waals surface area contributed by atoms with Crippen molar-refractivity contribution < 1.29 is 4.79 Å². The summed E-state index contributed by atoms with van der Waals surface area (Å²) in [5, 5.41) is 2.87. The van der Waals surface area contributed by atoms with Crippen LogP contribution < -0.4 is 5.32 Å². The Hall–Kier alpha value is -1.31. The SMILES string of the molecule is C[C@@H]1C(=O)N[C@H]1c1ccccc1. The lowest BCUT2D eigenvalue weighted by atomic mass is 9.87. The maximum absolute atomic E-state index is 10.9. The molecule has 0 aliphatic carbocycles. The number of hydrogen-bond acceptors (Lipinski definition) is 1. The summed E-state index contributed by atoms with van der Waals surface area (Å²) < 4.78 is 0. The standard InChI is InChI=1S/C10H11NO/c1-7-9(11-10(7)12)8-5-3-2-4-6-8/h2-7,9H,1H3,(H,11,12)/t7-,9+/m0/s1. The highest BCUT2D eigenvalue weighted by atomic mass is 16.2. The molecule has 1 fully saturated rings. The highest BCUT2D eigenvalue weighted by Crippen LogP contribution is 2.29. The zero-order valence-electron chi connectivity index (χ0n) is 6.95. The van der Waals surface area contributed by atoms with Gasteiger partial charge in [-0.2, -0.15) is 0 Å². The van der Waals surface area contributed by atoms with E-state index in [9.17, 15) is 4.79 Å². The molecule has 0 unspecified atom stereocenters. The molecule has 1 saturated heterocycles. The van der Waals surface area contributed by atoms with Crippen molar-refractivity contribution in [3.63, 3.8) is 0 Å². The second-order valence-corrected chi connectivity index (χ2v) is 3.19. The molecule has 1 amide bonds. The van der Waals surface area contributed by atoms with Crippen LogP contribution in [0.1, 0.15) is 18.5 Å². The van der Waals surface area contributed by atoms with Crippen LogP contribution in [0.4, 0.5) is 0 Å². The number of hydrogen-bond donors (Lipinski definition) is 1. The largest absolute Gasteiger partial charge is 0.348 e. The molecular formula is C10H11NO. The molecule has 1 aromatic carbocycles. The minimum absolute atomic E-state index is 0.132. The molecule has 1 aromatic rings. The molecule has 2 nitrogen and oxygen atoms in total. The van der Waals surface area contributed by atoms with E-state index in [1.807, 2.05) is 37.3 Å². The predicted octanol–water partition coefficient (Wildman–Crippen LogP) is 1.49. The zero-order chi connectivity index (χ0) is 8.55. The van der Waals surface area contributed by atoms with Gasteiger partial charge in [-0.25, -0.2) is 0 Å². The number of amides is 1. The summed E-state index contributed by atoms with van der Waals surface area (Å²) in [5.41, 5.74) is 1.20. The first-order chi connectivity index (χ1) is 5.79. The fourth-order valence-corrected chi connectivity index (χ4v) is 1.50. The molecule has 1 heterocycles. The Balaban J connectivity index is 2.18. The van der Waals surface area contributed by atoms with Gasteiger partial charge in [-0.3, -0.25) is 4.79 Å². The average molecular weight is 161 g/mol. The Morgan fingerprint density at radius 2 is 1.92 bits per heavy atom. The zero-order valence-corrected chi connectivity index (χ0v) is 6.95. The smallest absolute Gasteiger partial charge is 0.225 e. The lowest BCUT2D eigenvalue weighted by molar-refractivity contribution is -0.134. The van der Waals surface area contributed by atoms with Crippen LogP contribution in [0, 0.1) is 5.92 Å². The van der Waals surface area contributed by atoms with Crippen LogP contribution in [-0.2, 0) is 4.79 Å². The van der Waals surface area contributed by atoms with Crippen molar-refractivity contribution in [2.24, 2.45) is 5.92 Å². The summed E-state index contributed by atoms with van der Waals surface area (Å²) in [4.78, 5) is 10.9. The van der Waals surface area contributed by atoms with Gasteiger partial charge in [0.1, 0.15) is 0 Å². The molecule has 62 valence electrons. The van der Waals surface area contributed by atoms with Gasteiger partial charge in [-0.1, -0.05) is 37.3 Å². The van der Waals surface area contributed by atoms with Gasteiger partial charge in [0.15, 0.2) is 0 Å². The average Bonchev–Trinajstić information content (AvgIpc) is 2.15. The van der Waals surface area contributed by atoms with Crippen LogP contribution in [0.5, 0.6) is 0 Å². The summed E-state index contributed by atoms with van der Waals surface area (Å²) in [6.07, 6.45) is 0. The van der Waals surface area contributed by atoms with Gasteiger partial charge < -0.3 is 5.32 Å². The second kappa shape index (κ2) is 2.63. The van der Waals surface area contributed by atoms with Crippen molar-refractivity contribution in [3.8, 4) is 0 Å². The van der Waals surface area contributed by atoms with Crippen LogP contribution in [0.15, 0.2) is 30.3 Å². The van der Waals surface area contributed by atoms with Gasteiger partial charge in [0.25, 0.3) is 0 Å². The van der Waals surface area contributed by atoms with Crippen molar-refractivity contribution in [3.05, 3.63) is 35.9 Å². The summed E-state index contributed by atoms with van der Waals surface area (Å²) in [5.74, 6) is 0.288. The Morgan fingerprint density at radius 1 is 1.25 bits per heavy atom. The first-order valence-electron chi connectivity index (χ1n) is 4.14. The maximum Gasteiger partial charge on any atom is 0.225 e. The third-order valence-electron chi connectivity index (χ3n) is 2.37. The van der Waals surface area contributed by atoms with E-state index in [1.54, 1.807) is 0 Å². The Labute approximate surface area is 71.6 Å². The first kappa shape index (κ1) is 7.35. The molecular weight excluding hydrogens is 150 g/mol. The number of β-lactam (4-membered cyclic amide) rings is 1. The molecule has 0 spiro atoms. The quantitative estimate of drug-likeness (QED) is 0.621. The third-order valence-corrected chi connectivity index (χ3v) is 2.37. The highest BCUT2D eigenvalue weighted by Gasteiger charge is 2.35. The van der Waals surface area contributed by atoms with E-state index in [4.69, 9.17) is 0 Å². The Bertz CT molecular complexity index is 294. The highest BCUT2D eigenvalue weighted by molar-refractivity contribution is 5.85. The molecule has 1 aliphatic rings. The van der Waals surface area contributed by atoms with Gasteiger partial charge in [-0.15, -0.1) is 0 Å². The van der Waals surface area contributed by atoms with Crippen LogP contribution in [0.25, 0.3) is 0 Å². The Kier molecular flexibility index (Phi) is 1.61. The van der Waals surface area contributed by atoms with E-state index in [-0.39, 0.29) is 17.9 Å². The minimum Gasteiger partial charge on any atom is -0.348 e. The fraction of sp³-hybridized carbons (Fsp3) is 0.300. The molecule has 0 saturated carbocycles. The van der Waals surface area contributed by atoms with E-state index in [2.05, 4.69) is 5.32 Å². The van der Waals surface area contributed by atoms with Crippen molar-refractivity contribution in [2.45, 2.75) is 13.0 Å². The second-order valence-electron chi connectivity index (χ2n) is 3.19. The van der Waals surface area contributed by atoms with Crippen LogP contribution in [-0.4, -0.2) is 5.91 Å². The third kappa shape index (κ3) is 0.998. The summed E-state index contributed by atoms with van der Waals surface area (Å²) in [6, 6.07) is 10.3. The van der Waals surface area contributed by atoms with Gasteiger partial charge in [0.2, 0.25) is 5.91 Å². The first-order valence-corrected chi connectivity index (χ1v) is 4.14. The number of benzene rings is 1. The van der Waals surface area contributed by atoms with E-state index in [0.29, 0.717) is 0 Å². The normalized spacial score (nSPS) is 27.6. The van der Waals surface area contributed by atoms with E-state index in [0.717, 1.165) is 0 Å². The predicted molar refractivity (Wildman–Crippen MR) is 46.5 cm³/mol. The minimum atomic E-state index is 0.132. The van der Waals surface area contributed by atoms with Crippen molar-refractivity contribution >= 4 is 5.91 Å². The number of carbonyl (C=O) groups is 1. The van der Waals surface area contributed by atoms with Gasteiger partial charge in [0, 0.05) is 0 Å². The molecule has 1 aliphatic heterocycles. The molecule has 0 aromatic heterocycles.